The van der Waals surface area contributed by atoms with E-state index >= 15 is 0 Å². The molecule has 2 N–H and O–H groups in total. The van der Waals surface area contributed by atoms with Crippen molar-refractivity contribution < 1.29 is 9.47 Å². The molecule has 2 unspecified atom stereocenters. The highest BCUT2D eigenvalue weighted by Crippen LogP contribution is 2.37. The van der Waals surface area contributed by atoms with Crippen LogP contribution in [0.5, 0.6) is 11.5 Å². The average molecular weight is 368 g/mol. The minimum absolute atomic E-state index is 0.144. The number of fused-ring (bicyclic) bond motifs is 1. The molecule has 3 rings (SSSR count). The molecule has 0 radical (unpaired) electrons. The van der Waals surface area contributed by atoms with Gasteiger partial charge in [-0.15, -0.1) is 11.3 Å². The van der Waals surface area contributed by atoms with Crippen LogP contribution >= 0.6 is 27.3 Å². The Balaban J connectivity index is 1.89. The maximum absolute atomic E-state index is 6.39. The molecule has 1 aromatic heterocycles. The summed E-state index contributed by atoms with van der Waals surface area (Å²) in [7, 11) is 0. The minimum Gasteiger partial charge on any atom is -0.489 e. The summed E-state index contributed by atoms with van der Waals surface area (Å²) in [5.74, 6) is 1.99. The molecule has 0 bridgehead atoms. The predicted molar refractivity (Wildman–Crippen MR) is 89.4 cm³/mol. The van der Waals surface area contributed by atoms with E-state index in [4.69, 9.17) is 15.2 Å². The van der Waals surface area contributed by atoms with E-state index in [1.807, 2.05) is 18.2 Å². The third-order valence-corrected chi connectivity index (χ3v) is 5.78. The molecule has 0 saturated carbocycles. The first-order valence-corrected chi connectivity index (χ1v) is 8.56. The second-order valence-electron chi connectivity index (χ2n) is 5.52. The van der Waals surface area contributed by atoms with Crippen LogP contribution in [0, 0.1) is 12.8 Å². The first-order valence-electron chi connectivity index (χ1n) is 6.95. The van der Waals surface area contributed by atoms with Crippen molar-refractivity contribution in [1.82, 2.24) is 0 Å². The Morgan fingerprint density at radius 3 is 2.62 bits per heavy atom. The SMILES string of the molecule is Cc1cc(C(N)c2ccc3c(c2)OCC(C)CO3)sc1Br. The first kappa shape index (κ1) is 14.9. The van der Waals surface area contributed by atoms with Crippen molar-refractivity contribution in [2.45, 2.75) is 19.9 Å². The summed E-state index contributed by atoms with van der Waals surface area (Å²) in [6.45, 7) is 5.56. The summed E-state index contributed by atoms with van der Waals surface area (Å²) in [6.07, 6.45) is 0. The van der Waals surface area contributed by atoms with Crippen LogP contribution in [-0.4, -0.2) is 13.2 Å². The highest BCUT2D eigenvalue weighted by molar-refractivity contribution is 9.11. The van der Waals surface area contributed by atoms with Crippen LogP contribution in [0.15, 0.2) is 28.1 Å². The number of halogens is 1. The number of aryl methyl sites for hydroxylation is 1. The van der Waals surface area contributed by atoms with E-state index < -0.39 is 0 Å². The van der Waals surface area contributed by atoms with Gasteiger partial charge < -0.3 is 15.2 Å². The van der Waals surface area contributed by atoms with Crippen molar-refractivity contribution in [2.24, 2.45) is 11.7 Å². The average Bonchev–Trinajstić information content (AvgIpc) is 2.70. The van der Waals surface area contributed by atoms with E-state index in [-0.39, 0.29) is 6.04 Å². The van der Waals surface area contributed by atoms with Gasteiger partial charge in [-0.1, -0.05) is 13.0 Å². The summed E-state index contributed by atoms with van der Waals surface area (Å²) in [5.41, 5.74) is 8.65. The van der Waals surface area contributed by atoms with Crippen molar-refractivity contribution in [3.05, 3.63) is 44.1 Å². The summed E-state index contributed by atoms with van der Waals surface area (Å²) in [4.78, 5) is 1.14. The van der Waals surface area contributed by atoms with Crippen LogP contribution in [0.25, 0.3) is 0 Å². The van der Waals surface area contributed by atoms with E-state index in [1.165, 1.54) is 5.56 Å². The smallest absolute Gasteiger partial charge is 0.161 e. The normalized spacial score (nSPS) is 19.1. The summed E-state index contributed by atoms with van der Waals surface area (Å²) in [6, 6.07) is 7.96. The molecule has 0 aliphatic carbocycles. The largest absolute Gasteiger partial charge is 0.489 e. The molecule has 2 aromatic rings. The lowest BCUT2D eigenvalue weighted by Crippen LogP contribution is -2.12. The zero-order chi connectivity index (χ0) is 15.0. The van der Waals surface area contributed by atoms with Crippen LogP contribution in [-0.2, 0) is 0 Å². The molecule has 0 fully saturated rings. The Labute approximate surface area is 137 Å². The van der Waals surface area contributed by atoms with Gasteiger partial charge in [0.05, 0.1) is 23.0 Å². The molecule has 0 spiro atoms. The van der Waals surface area contributed by atoms with Crippen molar-refractivity contribution >= 4 is 27.3 Å². The molecular formula is C16H18BrNO2S. The van der Waals surface area contributed by atoms with Crippen LogP contribution in [0.2, 0.25) is 0 Å². The van der Waals surface area contributed by atoms with Gasteiger partial charge in [0.1, 0.15) is 0 Å². The van der Waals surface area contributed by atoms with Crippen LogP contribution in [0.3, 0.4) is 0 Å². The van der Waals surface area contributed by atoms with E-state index in [0.29, 0.717) is 19.1 Å². The predicted octanol–water partition coefficient (Wildman–Crippen LogP) is 4.27. The van der Waals surface area contributed by atoms with Gasteiger partial charge >= 0.3 is 0 Å². The van der Waals surface area contributed by atoms with E-state index in [9.17, 15) is 0 Å². The minimum atomic E-state index is -0.144. The van der Waals surface area contributed by atoms with Crippen molar-refractivity contribution in [1.29, 1.82) is 0 Å². The standard InChI is InChI=1S/C16H18BrNO2S/c1-9-7-19-12-4-3-11(6-13(12)20-8-9)15(18)14-5-10(2)16(17)21-14/h3-6,9,15H,7-8,18H2,1-2H3. The van der Waals surface area contributed by atoms with E-state index in [2.05, 4.69) is 35.8 Å². The van der Waals surface area contributed by atoms with Gasteiger partial charge in [0.2, 0.25) is 0 Å². The second-order valence-corrected chi connectivity index (χ2v) is 7.92. The highest BCUT2D eigenvalue weighted by Gasteiger charge is 2.19. The Morgan fingerprint density at radius 2 is 1.95 bits per heavy atom. The molecule has 0 saturated heterocycles. The second kappa shape index (κ2) is 5.99. The number of hydrogen-bond acceptors (Lipinski definition) is 4. The number of nitrogens with two attached hydrogens (primary N) is 1. The molecule has 1 aliphatic rings. The van der Waals surface area contributed by atoms with Crippen LogP contribution in [0.4, 0.5) is 0 Å². The molecule has 0 amide bonds. The molecule has 5 heteroatoms. The number of rotatable bonds is 2. The number of thiophene rings is 1. The Kier molecular flexibility index (Phi) is 4.24. The van der Waals surface area contributed by atoms with Gasteiger partial charge in [0.25, 0.3) is 0 Å². The third-order valence-electron chi connectivity index (χ3n) is 3.56. The molecule has 3 nitrogen and oxygen atoms in total. The van der Waals surface area contributed by atoms with E-state index in [1.54, 1.807) is 11.3 Å². The van der Waals surface area contributed by atoms with Crippen molar-refractivity contribution in [3.63, 3.8) is 0 Å². The molecular weight excluding hydrogens is 350 g/mol. The van der Waals surface area contributed by atoms with Gasteiger partial charge in [-0.25, -0.2) is 0 Å². The molecule has 1 aliphatic heterocycles. The summed E-state index contributed by atoms with van der Waals surface area (Å²) < 4.78 is 12.7. The number of ether oxygens (including phenoxy) is 2. The zero-order valence-electron chi connectivity index (χ0n) is 12.1. The van der Waals surface area contributed by atoms with Crippen molar-refractivity contribution in [3.8, 4) is 11.5 Å². The fourth-order valence-corrected chi connectivity index (χ4v) is 3.86. The van der Waals surface area contributed by atoms with Gasteiger partial charge in [-0.05, 0) is 52.2 Å². The first-order chi connectivity index (χ1) is 10.0. The van der Waals surface area contributed by atoms with Crippen LogP contribution in [0.1, 0.15) is 29.0 Å². The molecule has 112 valence electrons. The zero-order valence-corrected chi connectivity index (χ0v) is 14.5. The lowest BCUT2D eigenvalue weighted by Gasteiger charge is -2.13. The summed E-state index contributed by atoms with van der Waals surface area (Å²) in [5, 5.41) is 0. The molecule has 2 heterocycles. The van der Waals surface area contributed by atoms with Crippen LogP contribution < -0.4 is 15.2 Å². The maximum atomic E-state index is 6.39. The van der Waals surface area contributed by atoms with Gasteiger partial charge in [0, 0.05) is 10.8 Å². The van der Waals surface area contributed by atoms with Gasteiger partial charge in [-0.3, -0.25) is 0 Å². The van der Waals surface area contributed by atoms with Crippen molar-refractivity contribution in [2.75, 3.05) is 13.2 Å². The number of hydrogen-bond donors (Lipinski definition) is 1. The number of benzene rings is 1. The summed E-state index contributed by atoms with van der Waals surface area (Å²) >= 11 is 5.23. The van der Waals surface area contributed by atoms with Gasteiger partial charge in [0.15, 0.2) is 11.5 Å². The lowest BCUT2D eigenvalue weighted by atomic mass is 10.1. The maximum Gasteiger partial charge on any atom is 0.161 e. The monoisotopic (exact) mass is 367 g/mol. The highest BCUT2D eigenvalue weighted by atomic mass is 79.9. The fourth-order valence-electron chi connectivity index (χ4n) is 2.26. The Bertz CT molecular complexity index is 636. The quantitative estimate of drug-likeness (QED) is 0.861. The molecule has 1 aromatic carbocycles. The third kappa shape index (κ3) is 3.10. The lowest BCUT2D eigenvalue weighted by molar-refractivity contribution is 0.228. The Morgan fingerprint density at radius 1 is 1.24 bits per heavy atom. The van der Waals surface area contributed by atoms with E-state index in [0.717, 1.165) is 25.7 Å². The Hall–Kier alpha value is -1.04. The topological polar surface area (TPSA) is 44.5 Å². The molecule has 2 atom stereocenters. The molecule has 21 heavy (non-hydrogen) atoms. The van der Waals surface area contributed by atoms with Gasteiger partial charge in [-0.2, -0.15) is 0 Å². The fraction of sp³-hybridized carbons (Fsp3) is 0.375.